The summed E-state index contributed by atoms with van der Waals surface area (Å²) in [5.74, 6) is 0.269. The third-order valence-corrected chi connectivity index (χ3v) is 7.05. The Balaban J connectivity index is 1.43. The van der Waals surface area contributed by atoms with Crippen LogP contribution in [-0.2, 0) is 35.5 Å². The van der Waals surface area contributed by atoms with Crippen LogP contribution in [0.2, 0.25) is 0 Å². The van der Waals surface area contributed by atoms with Crippen LogP contribution in [0.4, 0.5) is 0 Å². The molecule has 1 aromatic heterocycles. The number of aromatic nitrogens is 2. The molecule has 1 N–H and O–H groups in total. The fourth-order valence-corrected chi connectivity index (χ4v) is 5.58. The summed E-state index contributed by atoms with van der Waals surface area (Å²) in [5, 5.41) is 7.31. The molecule has 1 amide bonds. The molecule has 0 radical (unpaired) electrons. The van der Waals surface area contributed by atoms with Gasteiger partial charge in [0, 0.05) is 25.6 Å². The molecule has 1 aromatic carbocycles. The SMILES string of the molecule is Cn1nc2c(c1C(=O)NCCC1CCc3ccccc31)CS(=O)(=O)CC2. The van der Waals surface area contributed by atoms with Gasteiger partial charge in [-0.15, -0.1) is 0 Å². The number of fused-ring (bicyclic) bond motifs is 2. The van der Waals surface area contributed by atoms with Crippen LogP contribution in [-0.4, -0.2) is 36.4 Å². The molecule has 1 aliphatic heterocycles. The van der Waals surface area contributed by atoms with Crippen molar-refractivity contribution in [2.75, 3.05) is 12.3 Å². The predicted molar refractivity (Wildman–Crippen MR) is 98.9 cm³/mol. The Kier molecular flexibility index (Phi) is 4.34. The van der Waals surface area contributed by atoms with Crippen molar-refractivity contribution in [1.29, 1.82) is 0 Å². The van der Waals surface area contributed by atoms with Crippen molar-refractivity contribution in [2.24, 2.45) is 7.05 Å². The lowest BCUT2D eigenvalue weighted by Gasteiger charge is -2.14. The largest absolute Gasteiger partial charge is 0.351 e. The quantitative estimate of drug-likeness (QED) is 0.885. The minimum absolute atomic E-state index is 0.0884. The van der Waals surface area contributed by atoms with Gasteiger partial charge in [-0.25, -0.2) is 8.42 Å². The number of benzene rings is 1. The van der Waals surface area contributed by atoms with Crippen LogP contribution in [0.3, 0.4) is 0 Å². The van der Waals surface area contributed by atoms with E-state index < -0.39 is 9.84 Å². The number of hydrogen-bond donors (Lipinski definition) is 1. The normalized spacial score (nSPS) is 20.4. The Labute approximate surface area is 153 Å². The average molecular weight is 373 g/mol. The van der Waals surface area contributed by atoms with E-state index in [2.05, 4.69) is 34.7 Å². The first-order valence-electron chi connectivity index (χ1n) is 9.06. The minimum atomic E-state index is -3.14. The van der Waals surface area contributed by atoms with E-state index in [1.165, 1.54) is 15.8 Å². The number of amides is 1. The number of nitrogens with zero attached hydrogens (tertiary/aromatic N) is 2. The van der Waals surface area contributed by atoms with Crippen molar-refractivity contribution in [3.05, 3.63) is 52.3 Å². The van der Waals surface area contributed by atoms with Crippen molar-refractivity contribution >= 4 is 15.7 Å². The van der Waals surface area contributed by atoms with Gasteiger partial charge in [-0.3, -0.25) is 9.48 Å². The maximum atomic E-state index is 12.7. The van der Waals surface area contributed by atoms with Crippen LogP contribution in [0.1, 0.15) is 51.6 Å². The predicted octanol–water partition coefficient (Wildman–Crippen LogP) is 1.74. The number of nitrogens with one attached hydrogen (secondary N) is 1. The monoisotopic (exact) mass is 373 g/mol. The smallest absolute Gasteiger partial charge is 0.269 e. The lowest BCUT2D eigenvalue weighted by Crippen LogP contribution is -2.29. The lowest BCUT2D eigenvalue weighted by molar-refractivity contribution is 0.0942. The fourth-order valence-electron chi connectivity index (χ4n) is 4.19. The third kappa shape index (κ3) is 3.16. The Morgan fingerprint density at radius 3 is 2.96 bits per heavy atom. The van der Waals surface area contributed by atoms with E-state index in [0.717, 1.165) is 25.0 Å². The molecule has 1 atom stereocenters. The highest BCUT2D eigenvalue weighted by Gasteiger charge is 2.30. The minimum Gasteiger partial charge on any atom is -0.351 e. The van der Waals surface area contributed by atoms with Crippen molar-refractivity contribution in [2.45, 2.75) is 37.4 Å². The first-order chi connectivity index (χ1) is 12.4. The first kappa shape index (κ1) is 17.3. The van der Waals surface area contributed by atoms with Crippen LogP contribution in [0, 0.1) is 0 Å². The number of carbonyl (C=O) groups excluding carboxylic acids is 1. The molecule has 138 valence electrons. The lowest BCUT2D eigenvalue weighted by atomic mass is 9.98. The van der Waals surface area contributed by atoms with Crippen LogP contribution >= 0.6 is 0 Å². The van der Waals surface area contributed by atoms with Crippen LogP contribution in [0.5, 0.6) is 0 Å². The summed E-state index contributed by atoms with van der Waals surface area (Å²) < 4.78 is 25.4. The number of aryl methyl sites for hydroxylation is 3. The second kappa shape index (κ2) is 6.54. The Bertz CT molecular complexity index is 962. The standard InChI is InChI=1S/C19H23N3O3S/c1-22-18(16-12-26(24,25)11-9-17(16)21-22)19(23)20-10-8-14-7-6-13-4-2-3-5-15(13)14/h2-5,14H,6-12H2,1H3,(H,20,23). The van der Waals surface area contributed by atoms with E-state index in [1.807, 2.05) is 0 Å². The van der Waals surface area contributed by atoms with Gasteiger partial charge in [0.1, 0.15) is 5.69 Å². The number of rotatable bonds is 4. The van der Waals surface area contributed by atoms with Crippen LogP contribution < -0.4 is 5.32 Å². The highest BCUT2D eigenvalue weighted by atomic mass is 32.2. The summed E-state index contributed by atoms with van der Waals surface area (Å²) in [4.78, 5) is 12.7. The number of hydrogen-bond acceptors (Lipinski definition) is 4. The van der Waals surface area contributed by atoms with Gasteiger partial charge in [0.15, 0.2) is 9.84 Å². The van der Waals surface area contributed by atoms with Crippen molar-refractivity contribution < 1.29 is 13.2 Å². The fraction of sp³-hybridized carbons (Fsp3) is 0.474. The molecule has 4 rings (SSSR count). The van der Waals surface area contributed by atoms with Gasteiger partial charge in [0.05, 0.1) is 17.2 Å². The van der Waals surface area contributed by atoms with Gasteiger partial charge in [-0.2, -0.15) is 5.10 Å². The van der Waals surface area contributed by atoms with Crippen LogP contribution in [0.15, 0.2) is 24.3 Å². The van der Waals surface area contributed by atoms with Gasteiger partial charge < -0.3 is 5.32 Å². The molecular formula is C19H23N3O3S. The Morgan fingerprint density at radius 2 is 2.12 bits per heavy atom. The second-order valence-electron chi connectivity index (χ2n) is 7.22. The van der Waals surface area contributed by atoms with Crippen LogP contribution in [0.25, 0.3) is 0 Å². The highest BCUT2D eigenvalue weighted by Crippen LogP contribution is 2.34. The molecule has 2 aliphatic rings. The first-order valence-corrected chi connectivity index (χ1v) is 10.9. The summed E-state index contributed by atoms with van der Waals surface area (Å²) in [6, 6.07) is 8.49. The summed E-state index contributed by atoms with van der Waals surface area (Å²) in [6.07, 6.45) is 3.50. The Morgan fingerprint density at radius 1 is 1.31 bits per heavy atom. The van der Waals surface area contributed by atoms with Gasteiger partial charge in [-0.1, -0.05) is 24.3 Å². The van der Waals surface area contributed by atoms with E-state index in [9.17, 15) is 13.2 Å². The molecular weight excluding hydrogens is 350 g/mol. The van der Waals surface area contributed by atoms with E-state index in [-0.39, 0.29) is 17.4 Å². The molecule has 0 saturated heterocycles. The van der Waals surface area contributed by atoms with E-state index in [1.54, 1.807) is 7.05 Å². The third-order valence-electron chi connectivity index (χ3n) is 5.49. The summed E-state index contributed by atoms with van der Waals surface area (Å²) in [6.45, 7) is 0.574. The van der Waals surface area contributed by atoms with Crippen molar-refractivity contribution in [3.8, 4) is 0 Å². The molecule has 2 aromatic rings. The van der Waals surface area contributed by atoms with Gasteiger partial charge >= 0.3 is 0 Å². The molecule has 6 nitrogen and oxygen atoms in total. The van der Waals surface area contributed by atoms with E-state index in [0.29, 0.717) is 30.1 Å². The number of carbonyl (C=O) groups is 1. The molecule has 26 heavy (non-hydrogen) atoms. The second-order valence-corrected chi connectivity index (χ2v) is 9.40. The van der Waals surface area contributed by atoms with Crippen molar-refractivity contribution in [3.63, 3.8) is 0 Å². The van der Waals surface area contributed by atoms with Gasteiger partial charge in [0.2, 0.25) is 0 Å². The topological polar surface area (TPSA) is 81.1 Å². The summed E-state index contributed by atoms with van der Waals surface area (Å²) in [5.41, 5.74) is 4.50. The number of sulfone groups is 1. The molecule has 1 unspecified atom stereocenters. The average Bonchev–Trinajstić information content (AvgIpc) is 3.14. The summed E-state index contributed by atoms with van der Waals surface area (Å²) >= 11 is 0. The maximum absolute atomic E-state index is 12.7. The molecule has 0 fully saturated rings. The zero-order valence-corrected chi connectivity index (χ0v) is 15.7. The summed E-state index contributed by atoms with van der Waals surface area (Å²) in [7, 11) is -1.44. The zero-order chi connectivity index (χ0) is 18.3. The van der Waals surface area contributed by atoms with E-state index >= 15 is 0 Å². The Hall–Kier alpha value is -2.15. The maximum Gasteiger partial charge on any atom is 0.269 e. The molecule has 1 aliphatic carbocycles. The molecule has 0 bridgehead atoms. The molecule has 0 spiro atoms. The van der Waals surface area contributed by atoms with E-state index in [4.69, 9.17) is 0 Å². The zero-order valence-electron chi connectivity index (χ0n) is 14.9. The highest BCUT2D eigenvalue weighted by molar-refractivity contribution is 7.90. The molecule has 7 heteroatoms. The molecule has 0 saturated carbocycles. The van der Waals surface area contributed by atoms with Gasteiger partial charge in [-0.05, 0) is 36.3 Å². The van der Waals surface area contributed by atoms with Crippen molar-refractivity contribution in [1.82, 2.24) is 15.1 Å². The molecule has 2 heterocycles. The van der Waals surface area contributed by atoms with Gasteiger partial charge in [0.25, 0.3) is 5.91 Å².